The van der Waals surface area contributed by atoms with Gasteiger partial charge in [-0.25, -0.2) is 0 Å². The summed E-state index contributed by atoms with van der Waals surface area (Å²) >= 11 is 0. The lowest BCUT2D eigenvalue weighted by molar-refractivity contribution is 0.392. The zero-order valence-corrected chi connectivity index (χ0v) is 11.2. The molecule has 0 rings (SSSR count). The van der Waals surface area contributed by atoms with E-state index in [1.807, 2.05) is 6.08 Å². The van der Waals surface area contributed by atoms with E-state index >= 15 is 0 Å². The molecule has 0 aromatic heterocycles. The topological polar surface area (TPSA) is 3.24 Å². The van der Waals surface area contributed by atoms with Gasteiger partial charge in [0.1, 0.15) is 0 Å². The van der Waals surface area contributed by atoms with E-state index in [4.69, 9.17) is 0 Å². The molecule has 0 amide bonds. The molecule has 0 fully saturated rings. The van der Waals surface area contributed by atoms with Crippen LogP contribution in [0.25, 0.3) is 0 Å². The van der Waals surface area contributed by atoms with E-state index in [0.29, 0.717) is 17.9 Å². The van der Waals surface area contributed by atoms with Crippen molar-refractivity contribution in [1.29, 1.82) is 0 Å². The van der Waals surface area contributed by atoms with Crippen LogP contribution < -0.4 is 0 Å². The smallest absolute Gasteiger partial charge is 0.0433 e. The fourth-order valence-corrected chi connectivity index (χ4v) is 1.60. The summed E-state index contributed by atoms with van der Waals surface area (Å²) in [6.45, 7) is 15.1. The average molecular weight is 209 g/mol. The Bertz CT molecular complexity index is 215. The van der Waals surface area contributed by atoms with Crippen LogP contribution in [0.15, 0.2) is 24.4 Å². The van der Waals surface area contributed by atoms with Crippen molar-refractivity contribution >= 4 is 0 Å². The van der Waals surface area contributed by atoms with E-state index in [1.54, 1.807) is 0 Å². The summed E-state index contributed by atoms with van der Waals surface area (Å²) in [5.41, 5.74) is 1.54. The van der Waals surface area contributed by atoms with Gasteiger partial charge in [-0.3, -0.25) is 0 Å². The quantitative estimate of drug-likeness (QED) is 0.596. The molecule has 0 saturated heterocycles. The summed E-state index contributed by atoms with van der Waals surface area (Å²) in [7, 11) is 2.12. The number of rotatable bonds is 6. The molecule has 0 radical (unpaired) electrons. The minimum atomic E-state index is 0.405. The van der Waals surface area contributed by atoms with Gasteiger partial charge in [-0.1, -0.05) is 33.8 Å². The van der Waals surface area contributed by atoms with Crippen molar-refractivity contribution in [2.24, 2.45) is 11.8 Å². The summed E-state index contributed by atoms with van der Waals surface area (Å²) in [6, 6.07) is 0.405. The number of nitrogens with zero attached hydrogens (tertiary/aromatic N) is 1. The van der Waals surface area contributed by atoms with Crippen LogP contribution in [0.4, 0.5) is 0 Å². The maximum Gasteiger partial charge on any atom is 0.0433 e. The fourth-order valence-electron chi connectivity index (χ4n) is 1.60. The highest BCUT2D eigenvalue weighted by Crippen LogP contribution is 2.23. The first kappa shape index (κ1) is 14.3. The molecule has 1 heteroatoms. The Kier molecular flexibility index (Phi) is 6.38. The summed E-state index contributed by atoms with van der Waals surface area (Å²) in [4.78, 5) is 2.24. The number of allylic oxidation sites excluding steroid dienone is 1. The van der Waals surface area contributed by atoms with E-state index in [0.717, 1.165) is 0 Å². The van der Waals surface area contributed by atoms with Crippen LogP contribution in [-0.2, 0) is 0 Å². The molecular weight excluding hydrogens is 182 g/mol. The normalized spacial score (nSPS) is 16.3. The molecule has 0 aliphatic carbocycles. The minimum absolute atomic E-state index is 0.405. The van der Waals surface area contributed by atoms with Crippen LogP contribution in [-0.4, -0.2) is 18.0 Å². The van der Waals surface area contributed by atoms with Crippen molar-refractivity contribution < 1.29 is 0 Å². The van der Waals surface area contributed by atoms with Crippen molar-refractivity contribution in [3.63, 3.8) is 0 Å². The Morgan fingerprint density at radius 2 is 1.80 bits per heavy atom. The zero-order chi connectivity index (χ0) is 12.0. The summed E-state index contributed by atoms with van der Waals surface area (Å²) < 4.78 is 0. The molecule has 0 heterocycles. The Morgan fingerprint density at radius 1 is 1.27 bits per heavy atom. The number of hydrogen-bond donors (Lipinski definition) is 0. The molecule has 0 aromatic carbocycles. The predicted molar refractivity (Wildman–Crippen MR) is 69.8 cm³/mol. The second kappa shape index (κ2) is 6.71. The maximum absolute atomic E-state index is 3.83. The third-order valence-electron chi connectivity index (χ3n) is 3.18. The SMILES string of the molecule is C=CC(C)N(C)/C=C(/C(C)C)C(C)CC. The van der Waals surface area contributed by atoms with Gasteiger partial charge in [-0.05, 0) is 37.0 Å². The lowest BCUT2D eigenvalue weighted by Crippen LogP contribution is -2.23. The zero-order valence-electron chi connectivity index (χ0n) is 11.2. The molecule has 0 aliphatic rings. The Morgan fingerprint density at radius 3 is 2.13 bits per heavy atom. The Balaban J connectivity index is 4.74. The van der Waals surface area contributed by atoms with Crippen LogP contribution in [0.2, 0.25) is 0 Å². The van der Waals surface area contributed by atoms with Crippen LogP contribution in [0, 0.1) is 11.8 Å². The fraction of sp³-hybridized carbons (Fsp3) is 0.714. The highest BCUT2D eigenvalue weighted by Gasteiger charge is 2.12. The van der Waals surface area contributed by atoms with Gasteiger partial charge >= 0.3 is 0 Å². The number of likely N-dealkylation sites (N-methyl/N-ethyl adjacent to an activating group) is 1. The third-order valence-corrected chi connectivity index (χ3v) is 3.18. The molecule has 0 saturated carbocycles. The van der Waals surface area contributed by atoms with Crippen molar-refractivity contribution in [3.8, 4) is 0 Å². The molecule has 0 spiro atoms. The lowest BCUT2D eigenvalue weighted by Gasteiger charge is -2.25. The molecule has 0 aromatic rings. The van der Waals surface area contributed by atoms with Crippen LogP contribution in [0.5, 0.6) is 0 Å². The van der Waals surface area contributed by atoms with Gasteiger partial charge in [-0.15, -0.1) is 6.58 Å². The third kappa shape index (κ3) is 4.55. The molecular formula is C14H27N. The lowest BCUT2D eigenvalue weighted by atomic mass is 9.90. The van der Waals surface area contributed by atoms with E-state index in [-0.39, 0.29) is 0 Å². The van der Waals surface area contributed by atoms with Gasteiger partial charge in [0.05, 0.1) is 0 Å². The standard InChI is InChI=1S/C14H27N/c1-8-12(5)14(11(3)4)10-15(7)13(6)9-2/h9-13H,2,8H2,1,3-7H3/b14-10-. The van der Waals surface area contributed by atoms with Gasteiger partial charge in [0.15, 0.2) is 0 Å². The second-order valence-corrected chi connectivity index (χ2v) is 4.73. The average Bonchev–Trinajstić information content (AvgIpc) is 2.22. The van der Waals surface area contributed by atoms with Crippen LogP contribution in [0.3, 0.4) is 0 Å². The minimum Gasteiger partial charge on any atom is -0.374 e. The highest BCUT2D eigenvalue weighted by molar-refractivity contribution is 5.09. The molecule has 0 aliphatic heterocycles. The first-order valence-corrected chi connectivity index (χ1v) is 6.00. The van der Waals surface area contributed by atoms with Gasteiger partial charge in [0, 0.05) is 13.1 Å². The first-order chi connectivity index (χ1) is 6.93. The van der Waals surface area contributed by atoms with Gasteiger partial charge in [0.25, 0.3) is 0 Å². The molecule has 0 bridgehead atoms. The Hall–Kier alpha value is -0.720. The van der Waals surface area contributed by atoms with Crippen molar-refractivity contribution in [2.75, 3.05) is 7.05 Å². The maximum atomic E-state index is 3.83. The van der Waals surface area contributed by atoms with E-state index in [1.165, 1.54) is 12.0 Å². The Labute approximate surface area is 95.9 Å². The molecule has 15 heavy (non-hydrogen) atoms. The predicted octanol–water partition coefficient (Wildman–Crippen LogP) is 4.08. The van der Waals surface area contributed by atoms with Crippen molar-refractivity contribution in [3.05, 3.63) is 24.4 Å². The first-order valence-electron chi connectivity index (χ1n) is 6.00. The van der Waals surface area contributed by atoms with Crippen LogP contribution >= 0.6 is 0 Å². The summed E-state index contributed by atoms with van der Waals surface area (Å²) in [5, 5.41) is 0. The monoisotopic (exact) mass is 209 g/mol. The number of hydrogen-bond acceptors (Lipinski definition) is 1. The molecule has 1 nitrogen and oxygen atoms in total. The van der Waals surface area contributed by atoms with Crippen LogP contribution in [0.1, 0.15) is 41.0 Å². The molecule has 0 N–H and O–H groups in total. The van der Waals surface area contributed by atoms with Gasteiger partial charge in [0.2, 0.25) is 0 Å². The van der Waals surface area contributed by atoms with E-state index in [2.05, 4.69) is 59.3 Å². The second-order valence-electron chi connectivity index (χ2n) is 4.73. The van der Waals surface area contributed by atoms with Crippen molar-refractivity contribution in [2.45, 2.75) is 47.1 Å². The van der Waals surface area contributed by atoms with Gasteiger partial charge < -0.3 is 4.90 Å². The van der Waals surface area contributed by atoms with E-state index in [9.17, 15) is 0 Å². The van der Waals surface area contributed by atoms with Crippen molar-refractivity contribution in [1.82, 2.24) is 4.90 Å². The molecule has 2 unspecified atom stereocenters. The highest BCUT2D eigenvalue weighted by atomic mass is 15.1. The largest absolute Gasteiger partial charge is 0.374 e. The molecule has 2 atom stereocenters. The van der Waals surface area contributed by atoms with Gasteiger partial charge in [-0.2, -0.15) is 0 Å². The van der Waals surface area contributed by atoms with E-state index < -0.39 is 0 Å². The molecule has 88 valence electrons. The summed E-state index contributed by atoms with van der Waals surface area (Å²) in [6.07, 6.45) is 5.48. The summed E-state index contributed by atoms with van der Waals surface area (Å²) in [5.74, 6) is 1.30.